The molecule has 0 unspecified atom stereocenters. The lowest BCUT2D eigenvalue weighted by molar-refractivity contribution is -0.132. The van der Waals surface area contributed by atoms with E-state index in [0.717, 1.165) is 49.4 Å². The van der Waals surface area contributed by atoms with Crippen molar-refractivity contribution in [1.82, 2.24) is 19.4 Å². The third-order valence-electron chi connectivity index (χ3n) is 4.34. The number of piperidine rings is 1. The molecule has 1 aliphatic rings. The number of amides is 1. The van der Waals surface area contributed by atoms with Gasteiger partial charge in [0.25, 0.3) is 0 Å². The molecule has 116 valence electrons. The van der Waals surface area contributed by atoms with E-state index >= 15 is 0 Å². The molecule has 2 aromatic rings. The Bertz CT molecular complexity index is 647. The Hall–Kier alpha value is -2.17. The lowest BCUT2D eigenvalue weighted by Gasteiger charge is -2.35. The van der Waals surface area contributed by atoms with Gasteiger partial charge in [-0.2, -0.15) is 0 Å². The van der Waals surface area contributed by atoms with Gasteiger partial charge in [0.05, 0.1) is 6.04 Å². The Labute approximate surface area is 131 Å². The van der Waals surface area contributed by atoms with Crippen LogP contribution in [0.2, 0.25) is 0 Å². The predicted molar refractivity (Wildman–Crippen MR) is 84.7 cm³/mol. The molecule has 2 aromatic heterocycles. The molecule has 1 atom stereocenters. The maximum Gasteiger partial charge on any atom is 0.219 e. The zero-order valence-electron chi connectivity index (χ0n) is 13.2. The average Bonchev–Trinajstić information content (AvgIpc) is 3.03. The highest BCUT2D eigenvalue weighted by molar-refractivity contribution is 5.74. The van der Waals surface area contributed by atoms with Crippen molar-refractivity contribution in [1.29, 1.82) is 0 Å². The SMILES string of the molecule is CCc1nccn1-c1ccc([C@H]2CCCCN2C(C)=O)cn1. The van der Waals surface area contributed by atoms with Crippen LogP contribution in [-0.2, 0) is 11.2 Å². The highest BCUT2D eigenvalue weighted by Gasteiger charge is 2.26. The van der Waals surface area contributed by atoms with Crippen LogP contribution in [0.4, 0.5) is 0 Å². The van der Waals surface area contributed by atoms with E-state index in [1.165, 1.54) is 0 Å². The zero-order chi connectivity index (χ0) is 15.5. The first-order chi connectivity index (χ1) is 10.7. The molecule has 0 bridgehead atoms. The second-order valence-corrected chi connectivity index (χ2v) is 5.74. The minimum Gasteiger partial charge on any atom is -0.336 e. The summed E-state index contributed by atoms with van der Waals surface area (Å²) in [5.74, 6) is 2.03. The van der Waals surface area contributed by atoms with Crippen molar-refractivity contribution in [3.63, 3.8) is 0 Å². The molecule has 0 spiro atoms. The number of aromatic nitrogens is 3. The number of nitrogens with zero attached hydrogens (tertiary/aromatic N) is 4. The van der Waals surface area contributed by atoms with Crippen molar-refractivity contribution in [2.45, 2.75) is 45.6 Å². The minimum absolute atomic E-state index is 0.150. The molecule has 0 saturated carbocycles. The van der Waals surface area contributed by atoms with E-state index in [1.807, 2.05) is 27.9 Å². The molecule has 1 amide bonds. The summed E-state index contributed by atoms with van der Waals surface area (Å²) in [4.78, 5) is 22.7. The second-order valence-electron chi connectivity index (χ2n) is 5.74. The molecule has 1 aliphatic heterocycles. The van der Waals surface area contributed by atoms with E-state index in [1.54, 1.807) is 13.1 Å². The largest absolute Gasteiger partial charge is 0.336 e. The van der Waals surface area contributed by atoms with Crippen molar-refractivity contribution in [2.75, 3.05) is 6.54 Å². The van der Waals surface area contributed by atoms with Crippen molar-refractivity contribution < 1.29 is 4.79 Å². The molecule has 5 heteroatoms. The maximum atomic E-state index is 11.8. The zero-order valence-corrected chi connectivity index (χ0v) is 13.2. The summed E-state index contributed by atoms with van der Waals surface area (Å²) in [6.45, 7) is 4.59. The summed E-state index contributed by atoms with van der Waals surface area (Å²) in [6.07, 6.45) is 9.79. The fourth-order valence-corrected chi connectivity index (χ4v) is 3.20. The average molecular weight is 298 g/mol. The highest BCUT2D eigenvalue weighted by Crippen LogP contribution is 2.30. The molecule has 5 nitrogen and oxygen atoms in total. The Morgan fingerprint density at radius 2 is 2.18 bits per heavy atom. The van der Waals surface area contributed by atoms with Crippen LogP contribution in [0.15, 0.2) is 30.7 Å². The number of carbonyl (C=O) groups excluding carboxylic acids is 1. The smallest absolute Gasteiger partial charge is 0.219 e. The van der Waals surface area contributed by atoms with Gasteiger partial charge in [-0.3, -0.25) is 9.36 Å². The van der Waals surface area contributed by atoms with Gasteiger partial charge in [-0.05, 0) is 30.9 Å². The van der Waals surface area contributed by atoms with E-state index in [4.69, 9.17) is 0 Å². The number of aryl methyl sites for hydroxylation is 1. The van der Waals surface area contributed by atoms with Crippen molar-refractivity contribution in [2.24, 2.45) is 0 Å². The Balaban J connectivity index is 1.86. The lowest BCUT2D eigenvalue weighted by atomic mass is 9.96. The molecule has 0 N–H and O–H groups in total. The Morgan fingerprint density at radius 1 is 1.32 bits per heavy atom. The predicted octanol–water partition coefficient (Wildman–Crippen LogP) is 2.90. The minimum atomic E-state index is 0.150. The number of pyridine rings is 1. The highest BCUT2D eigenvalue weighted by atomic mass is 16.2. The maximum absolute atomic E-state index is 11.8. The van der Waals surface area contributed by atoms with Crippen molar-refractivity contribution in [3.05, 3.63) is 42.1 Å². The molecular weight excluding hydrogens is 276 g/mol. The first-order valence-electron chi connectivity index (χ1n) is 7.96. The van der Waals surface area contributed by atoms with Gasteiger partial charge in [0.2, 0.25) is 5.91 Å². The number of hydrogen-bond donors (Lipinski definition) is 0. The van der Waals surface area contributed by atoms with Gasteiger partial charge in [0.15, 0.2) is 0 Å². The monoisotopic (exact) mass is 298 g/mol. The molecule has 1 saturated heterocycles. The van der Waals surface area contributed by atoms with Crippen LogP contribution in [0.1, 0.15) is 50.5 Å². The summed E-state index contributed by atoms with van der Waals surface area (Å²) >= 11 is 0. The van der Waals surface area contributed by atoms with E-state index in [0.29, 0.717) is 0 Å². The van der Waals surface area contributed by atoms with Gasteiger partial charge in [-0.25, -0.2) is 9.97 Å². The molecule has 22 heavy (non-hydrogen) atoms. The van der Waals surface area contributed by atoms with Gasteiger partial charge < -0.3 is 4.90 Å². The van der Waals surface area contributed by atoms with Crippen molar-refractivity contribution >= 4 is 5.91 Å². The summed E-state index contributed by atoms with van der Waals surface area (Å²) in [6, 6.07) is 4.28. The number of hydrogen-bond acceptors (Lipinski definition) is 3. The van der Waals surface area contributed by atoms with Crippen LogP contribution >= 0.6 is 0 Å². The summed E-state index contributed by atoms with van der Waals surface area (Å²) in [5, 5.41) is 0. The second kappa shape index (κ2) is 6.30. The quantitative estimate of drug-likeness (QED) is 0.875. The number of carbonyl (C=O) groups is 1. The topological polar surface area (TPSA) is 51.0 Å². The number of imidazole rings is 1. The molecule has 0 aromatic carbocycles. The van der Waals surface area contributed by atoms with Crippen LogP contribution in [-0.4, -0.2) is 31.9 Å². The van der Waals surface area contributed by atoms with Gasteiger partial charge >= 0.3 is 0 Å². The van der Waals surface area contributed by atoms with E-state index in [-0.39, 0.29) is 11.9 Å². The summed E-state index contributed by atoms with van der Waals surface area (Å²) in [5.41, 5.74) is 1.12. The molecule has 3 heterocycles. The van der Waals surface area contributed by atoms with E-state index < -0.39 is 0 Å². The first kappa shape index (κ1) is 14.8. The standard InChI is InChI=1S/C17H22N4O/c1-3-16-18-9-11-21(16)17-8-7-14(12-19-17)15-6-4-5-10-20(15)13(2)22/h7-9,11-12,15H,3-6,10H2,1-2H3/t15-/m1/s1. The molecule has 1 fully saturated rings. The number of rotatable bonds is 3. The van der Waals surface area contributed by atoms with Crippen molar-refractivity contribution in [3.8, 4) is 5.82 Å². The molecular formula is C17H22N4O. The van der Waals surface area contributed by atoms with Gasteiger partial charge in [0, 0.05) is 38.5 Å². The van der Waals surface area contributed by atoms with E-state index in [9.17, 15) is 4.79 Å². The molecule has 3 rings (SSSR count). The third-order valence-corrected chi connectivity index (χ3v) is 4.34. The third kappa shape index (κ3) is 2.75. The van der Waals surface area contributed by atoms with E-state index in [2.05, 4.69) is 23.0 Å². The lowest BCUT2D eigenvalue weighted by Crippen LogP contribution is -2.36. The van der Waals surface area contributed by atoms with Crippen LogP contribution < -0.4 is 0 Å². The fraction of sp³-hybridized carbons (Fsp3) is 0.471. The van der Waals surface area contributed by atoms with Crippen LogP contribution in [0, 0.1) is 0 Å². The normalized spacial score (nSPS) is 18.5. The Morgan fingerprint density at radius 3 is 2.86 bits per heavy atom. The summed E-state index contributed by atoms with van der Waals surface area (Å²) < 4.78 is 2.01. The number of likely N-dealkylation sites (tertiary alicyclic amines) is 1. The fourth-order valence-electron chi connectivity index (χ4n) is 3.20. The Kier molecular flexibility index (Phi) is 4.22. The first-order valence-corrected chi connectivity index (χ1v) is 7.96. The van der Waals surface area contributed by atoms with Crippen LogP contribution in [0.3, 0.4) is 0 Å². The van der Waals surface area contributed by atoms with Gasteiger partial charge in [-0.1, -0.05) is 13.0 Å². The van der Waals surface area contributed by atoms with Crippen LogP contribution in [0.5, 0.6) is 0 Å². The molecule has 0 aliphatic carbocycles. The van der Waals surface area contributed by atoms with Gasteiger partial charge in [-0.15, -0.1) is 0 Å². The molecule has 0 radical (unpaired) electrons. The van der Waals surface area contributed by atoms with Crippen LogP contribution in [0.25, 0.3) is 5.82 Å². The summed E-state index contributed by atoms with van der Waals surface area (Å²) in [7, 11) is 0. The van der Waals surface area contributed by atoms with Gasteiger partial charge in [0.1, 0.15) is 11.6 Å².